The molecule has 0 bridgehead atoms. The summed E-state index contributed by atoms with van der Waals surface area (Å²) < 4.78 is 0. The van der Waals surface area contributed by atoms with Crippen molar-refractivity contribution in [1.29, 1.82) is 0 Å². The maximum Gasteiger partial charge on any atom is 0.244 e. The Morgan fingerprint density at radius 2 is 1.73 bits per heavy atom. The van der Waals surface area contributed by atoms with Crippen molar-refractivity contribution < 1.29 is 4.79 Å². The summed E-state index contributed by atoms with van der Waals surface area (Å²) in [5, 5.41) is 4.69. The summed E-state index contributed by atoms with van der Waals surface area (Å²) >= 11 is 0. The molecule has 134 valence electrons. The van der Waals surface area contributed by atoms with Crippen LogP contribution in [0.4, 0.5) is 0 Å². The first kappa shape index (κ1) is 16.9. The van der Waals surface area contributed by atoms with E-state index in [9.17, 15) is 4.79 Å². The average Bonchev–Trinajstić information content (AvgIpc) is 3.12. The third-order valence-electron chi connectivity index (χ3n) is 5.13. The smallest absolute Gasteiger partial charge is 0.244 e. The zero-order valence-electron chi connectivity index (χ0n) is 14.9. The summed E-state index contributed by atoms with van der Waals surface area (Å²) in [4.78, 5) is 18.6. The number of hydrogen-bond donors (Lipinski definition) is 2. The minimum absolute atomic E-state index is 0.187. The number of aromatic amines is 1. The van der Waals surface area contributed by atoms with Crippen molar-refractivity contribution in [2.45, 2.75) is 31.8 Å². The van der Waals surface area contributed by atoms with Gasteiger partial charge in [-0.05, 0) is 42.3 Å². The van der Waals surface area contributed by atoms with Gasteiger partial charge in [0.25, 0.3) is 0 Å². The number of carbonyl (C=O) groups is 1. The van der Waals surface area contributed by atoms with E-state index >= 15 is 0 Å². The summed E-state index contributed by atoms with van der Waals surface area (Å²) in [5.41, 5.74) is 3.25. The molecule has 4 rings (SSSR count). The summed E-state index contributed by atoms with van der Waals surface area (Å²) in [7, 11) is 0. The number of H-pyrrole nitrogens is 1. The Hall–Kier alpha value is -2.59. The Labute approximate surface area is 154 Å². The number of hydrogen-bond acceptors (Lipinski definition) is 2. The molecule has 0 spiro atoms. The Bertz CT molecular complexity index is 832. The largest absolute Gasteiger partial charge is 0.357 e. The lowest BCUT2D eigenvalue weighted by Gasteiger charge is -2.31. The molecular weight excluding hydrogens is 322 g/mol. The fraction of sp³-hybridized carbons (Fsp3) is 0.318. The number of para-hydroxylation sites is 1. The first-order valence-electron chi connectivity index (χ1n) is 9.45. The van der Waals surface area contributed by atoms with Gasteiger partial charge in [-0.25, -0.2) is 0 Å². The van der Waals surface area contributed by atoms with E-state index in [0.717, 1.165) is 42.7 Å². The van der Waals surface area contributed by atoms with Crippen LogP contribution in [0.1, 0.15) is 36.6 Å². The molecule has 2 aromatic carbocycles. The van der Waals surface area contributed by atoms with E-state index in [1.54, 1.807) is 0 Å². The number of nitrogens with one attached hydrogen (secondary N) is 2. The van der Waals surface area contributed by atoms with Gasteiger partial charge in [-0.3, -0.25) is 10.1 Å². The van der Waals surface area contributed by atoms with Gasteiger partial charge in [0.1, 0.15) is 6.04 Å². The minimum atomic E-state index is -0.305. The van der Waals surface area contributed by atoms with Crippen LogP contribution in [-0.4, -0.2) is 28.9 Å². The fourth-order valence-electron chi connectivity index (χ4n) is 3.73. The molecule has 1 saturated heterocycles. The third kappa shape index (κ3) is 3.65. The Kier molecular flexibility index (Phi) is 5.02. The van der Waals surface area contributed by atoms with E-state index < -0.39 is 0 Å². The molecule has 0 unspecified atom stereocenters. The van der Waals surface area contributed by atoms with Crippen LogP contribution >= 0.6 is 0 Å². The summed E-state index contributed by atoms with van der Waals surface area (Å²) in [6, 6.07) is 20.1. The van der Waals surface area contributed by atoms with Crippen LogP contribution in [0.5, 0.6) is 0 Å². The number of piperidine rings is 1. The molecule has 1 aliphatic rings. The van der Waals surface area contributed by atoms with E-state index in [2.05, 4.69) is 28.5 Å². The highest BCUT2D eigenvalue weighted by Gasteiger charge is 2.26. The highest BCUT2D eigenvalue weighted by Crippen LogP contribution is 2.21. The number of benzene rings is 2. The van der Waals surface area contributed by atoms with Crippen LogP contribution in [0.15, 0.2) is 60.7 Å². The number of likely N-dealkylation sites (tertiary alicyclic amines) is 1. The maximum absolute atomic E-state index is 13.1. The van der Waals surface area contributed by atoms with Gasteiger partial charge in [-0.2, -0.15) is 0 Å². The topological polar surface area (TPSA) is 48.1 Å². The maximum atomic E-state index is 13.1. The summed E-state index contributed by atoms with van der Waals surface area (Å²) in [6.45, 7) is 2.38. The molecule has 1 fully saturated rings. The van der Waals surface area contributed by atoms with Crippen LogP contribution in [0, 0.1) is 0 Å². The van der Waals surface area contributed by atoms with Crippen molar-refractivity contribution in [3.05, 3.63) is 71.9 Å². The fourth-order valence-corrected chi connectivity index (χ4v) is 3.73. The second-order valence-corrected chi connectivity index (χ2v) is 6.99. The quantitative estimate of drug-likeness (QED) is 0.732. The van der Waals surface area contributed by atoms with Gasteiger partial charge in [0.15, 0.2) is 0 Å². The van der Waals surface area contributed by atoms with Crippen molar-refractivity contribution >= 4 is 16.8 Å². The normalized spacial score (nSPS) is 15.9. The van der Waals surface area contributed by atoms with Crippen LogP contribution in [0.25, 0.3) is 10.9 Å². The number of nitrogens with zero attached hydrogens (tertiary/aromatic N) is 1. The van der Waals surface area contributed by atoms with E-state index in [4.69, 9.17) is 0 Å². The molecule has 2 heterocycles. The van der Waals surface area contributed by atoms with Gasteiger partial charge >= 0.3 is 0 Å². The Morgan fingerprint density at radius 3 is 2.50 bits per heavy atom. The number of amides is 1. The molecule has 1 aliphatic heterocycles. The van der Waals surface area contributed by atoms with Gasteiger partial charge in [0.2, 0.25) is 5.91 Å². The summed E-state index contributed by atoms with van der Waals surface area (Å²) in [6.07, 6.45) is 3.44. The first-order chi connectivity index (χ1) is 12.8. The number of carbonyl (C=O) groups excluding carboxylic acids is 1. The highest BCUT2D eigenvalue weighted by molar-refractivity contribution is 5.83. The zero-order valence-corrected chi connectivity index (χ0v) is 14.9. The first-order valence-corrected chi connectivity index (χ1v) is 9.45. The second kappa shape index (κ2) is 7.75. The van der Waals surface area contributed by atoms with Crippen molar-refractivity contribution in [1.82, 2.24) is 15.2 Å². The van der Waals surface area contributed by atoms with Gasteiger partial charge < -0.3 is 9.88 Å². The predicted octanol–water partition coefficient (Wildman–Crippen LogP) is 4.01. The molecule has 0 aliphatic carbocycles. The Balaban J connectivity index is 1.53. The van der Waals surface area contributed by atoms with E-state index in [1.807, 2.05) is 47.4 Å². The lowest BCUT2D eigenvalue weighted by Crippen LogP contribution is -2.43. The third-order valence-corrected chi connectivity index (χ3v) is 5.13. The number of rotatable bonds is 5. The average molecular weight is 347 g/mol. The van der Waals surface area contributed by atoms with Crippen molar-refractivity contribution in [2.24, 2.45) is 0 Å². The van der Waals surface area contributed by atoms with Crippen molar-refractivity contribution in [3.8, 4) is 0 Å². The Morgan fingerprint density at radius 1 is 1.00 bits per heavy atom. The monoisotopic (exact) mass is 347 g/mol. The van der Waals surface area contributed by atoms with Gasteiger partial charge in [0, 0.05) is 30.8 Å². The number of aromatic nitrogens is 1. The van der Waals surface area contributed by atoms with Crippen LogP contribution < -0.4 is 5.32 Å². The van der Waals surface area contributed by atoms with E-state index in [0.29, 0.717) is 6.54 Å². The molecule has 26 heavy (non-hydrogen) atoms. The molecule has 4 nitrogen and oxygen atoms in total. The highest BCUT2D eigenvalue weighted by atomic mass is 16.2. The molecule has 2 N–H and O–H groups in total. The van der Waals surface area contributed by atoms with Gasteiger partial charge in [-0.1, -0.05) is 48.5 Å². The van der Waals surface area contributed by atoms with E-state index in [-0.39, 0.29) is 11.9 Å². The van der Waals surface area contributed by atoms with Crippen LogP contribution in [0.3, 0.4) is 0 Å². The van der Waals surface area contributed by atoms with Gasteiger partial charge in [0.05, 0.1) is 0 Å². The molecule has 1 aromatic heterocycles. The van der Waals surface area contributed by atoms with Gasteiger partial charge in [-0.15, -0.1) is 0 Å². The molecule has 1 atom stereocenters. The van der Waals surface area contributed by atoms with Crippen LogP contribution in [-0.2, 0) is 11.3 Å². The molecule has 1 amide bonds. The van der Waals surface area contributed by atoms with E-state index in [1.165, 1.54) is 11.8 Å². The second-order valence-electron chi connectivity index (χ2n) is 6.99. The predicted molar refractivity (Wildman–Crippen MR) is 105 cm³/mol. The SMILES string of the molecule is O=C([C@H](NCc1cc2ccccc2[nH]1)c1ccccc1)N1CCCCC1. The zero-order chi connectivity index (χ0) is 17.8. The standard InChI is InChI=1S/C22H25N3O/c26-22(25-13-7-2-8-14-25)21(17-9-3-1-4-10-17)23-16-19-15-18-11-5-6-12-20(18)24-19/h1,3-6,9-12,15,21,23-24H,2,7-8,13-14,16H2/t21-/m1/s1. The lowest BCUT2D eigenvalue weighted by molar-refractivity contribution is -0.134. The molecule has 0 saturated carbocycles. The molecule has 4 heteroatoms. The van der Waals surface area contributed by atoms with Crippen molar-refractivity contribution in [2.75, 3.05) is 13.1 Å². The minimum Gasteiger partial charge on any atom is -0.357 e. The molecular formula is C22H25N3O. The lowest BCUT2D eigenvalue weighted by atomic mass is 10.0. The summed E-state index contributed by atoms with van der Waals surface area (Å²) in [5.74, 6) is 0.187. The molecule has 0 radical (unpaired) electrons. The molecule has 3 aromatic rings. The number of fused-ring (bicyclic) bond motifs is 1. The van der Waals surface area contributed by atoms with Crippen LogP contribution in [0.2, 0.25) is 0 Å². The van der Waals surface area contributed by atoms with Crippen molar-refractivity contribution in [3.63, 3.8) is 0 Å².